The number of halogens is 1. The van der Waals surface area contributed by atoms with Gasteiger partial charge < -0.3 is 10.6 Å². The van der Waals surface area contributed by atoms with Gasteiger partial charge in [0.15, 0.2) is 0 Å². The predicted molar refractivity (Wildman–Crippen MR) is 79.4 cm³/mol. The number of nitrogens with zero attached hydrogens (tertiary/aromatic N) is 2. The molecule has 0 aliphatic heterocycles. The number of carbonyl (C=O) groups excluding carboxylic acids is 1. The summed E-state index contributed by atoms with van der Waals surface area (Å²) < 4.78 is 0. The van der Waals surface area contributed by atoms with Crippen LogP contribution in [0, 0.1) is 0 Å². The van der Waals surface area contributed by atoms with Crippen molar-refractivity contribution in [2.75, 3.05) is 5.32 Å². The number of amides is 1. The Kier molecular flexibility index (Phi) is 4.53. The van der Waals surface area contributed by atoms with Gasteiger partial charge in [-0.15, -0.1) is 0 Å². The summed E-state index contributed by atoms with van der Waals surface area (Å²) in [6.45, 7) is 3.78. The molecule has 104 valence electrons. The van der Waals surface area contributed by atoms with Crippen LogP contribution in [0.5, 0.6) is 0 Å². The number of nitrogens with one attached hydrogen (secondary N) is 2. The molecule has 2 rings (SSSR count). The Bertz CT molecular complexity index is 616. The molecule has 2 aromatic rings. The van der Waals surface area contributed by atoms with Crippen molar-refractivity contribution in [1.29, 1.82) is 0 Å². The molecule has 0 saturated heterocycles. The Morgan fingerprint density at radius 2 is 2.00 bits per heavy atom. The summed E-state index contributed by atoms with van der Waals surface area (Å²) in [6.07, 6.45) is 1.34. The first-order valence-electron chi connectivity index (χ1n) is 6.20. The normalized spacial score (nSPS) is 10.4. The third-order valence-electron chi connectivity index (χ3n) is 2.46. The van der Waals surface area contributed by atoms with Crippen LogP contribution in [-0.2, 0) is 0 Å². The zero-order valence-corrected chi connectivity index (χ0v) is 12.0. The molecule has 20 heavy (non-hydrogen) atoms. The van der Waals surface area contributed by atoms with Crippen molar-refractivity contribution in [3.05, 3.63) is 47.4 Å². The second-order valence-electron chi connectivity index (χ2n) is 4.52. The quantitative estimate of drug-likeness (QED) is 0.908. The molecule has 1 aromatic carbocycles. The highest BCUT2D eigenvalue weighted by atomic mass is 35.5. The van der Waals surface area contributed by atoms with Gasteiger partial charge in [-0.2, -0.15) is 0 Å². The van der Waals surface area contributed by atoms with Crippen molar-refractivity contribution in [1.82, 2.24) is 15.3 Å². The van der Waals surface area contributed by atoms with Crippen molar-refractivity contribution in [2.45, 2.75) is 19.9 Å². The molecule has 2 N–H and O–H groups in total. The lowest BCUT2D eigenvalue weighted by molar-refractivity contribution is 0.0938. The van der Waals surface area contributed by atoms with E-state index in [1.54, 1.807) is 12.1 Å². The third-order valence-corrected chi connectivity index (χ3v) is 2.79. The molecule has 0 bridgehead atoms. The molecule has 0 aliphatic carbocycles. The lowest BCUT2D eigenvalue weighted by Gasteiger charge is -2.10. The highest BCUT2D eigenvalue weighted by molar-refractivity contribution is 6.33. The topological polar surface area (TPSA) is 66.9 Å². The minimum absolute atomic E-state index is 0.0532. The number of hydrogen-bond donors (Lipinski definition) is 2. The van der Waals surface area contributed by atoms with Gasteiger partial charge in [0.05, 0.1) is 10.7 Å². The summed E-state index contributed by atoms with van der Waals surface area (Å²) >= 11 is 6.06. The van der Waals surface area contributed by atoms with Gasteiger partial charge in [0.1, 0.15) is 17.8 Å². The largest absolute Gasteiger partial charge is 0.349 e. The van der Waals surface area contributed by atoms with E-state index < -0.39 is 0 Å². The van der Waals surface area contributed by atoms with Gasteiger partial charge in [-0.1, -0.05) is 23.7 Å². The highest BCUT2D eigenvalue weighted by Gasteiger charge is 2.10. The maximum atomic E-state index is 11.9. The van der Waals surface area contributed by atoms with E-state index in [0.29, 0.717) is 16.5 Å². The van der Waals surface area contributed by atoms with Crippen LogP contribution >= 0.6 is 11.6 Å². The lowest BCUT2D eigenvalue weighted by Crippen LogP contribution is -2.30. The highest BCUT2D eigenvalue weighted by Crippen LogP contribution is 2.23. The molecule has 1 amide bonds. The van der Waals surface area contributed by atoms with Crippen LogP contribution in [0.15, 0.2) is 36.7 Å². The number of aromatic nitrogens is 2. The predicted octanol–water partition coefficient (Wildman–Crippen LogP) is 3.01. The van der Waals surface area contributed by atoms with Gasteiger partial charge in [-0.25, -0.2) is 9.97 Å². The zero-order valence-electron chi connectivity index (χ0n) is 11.2. The van der Waals surface area contributed by atoms with Crippen LogP contribution in [0.2, 0.25) is 5.02 Å². The molecule has 0 aliphatic rings. The standard InChI is InChI=1S/C14H15ClN4O/c1-9(2)18-14(20)12-7-13(17-8-16-12)19-11-6-4-3-5-10(11)15/h3-9H,1-2H3,(H,18,20)(H,16,17,19). The van der Waals surface area contributed by atoms with Gasteiger partial charge in [0, 0.05) is 12.1 Å². The Balaban J connectivity index is 2.18. The first-order valence-corrected chi connectivity index (χ1v) is 6.58. The van der Waals surface area contributed by atoms with Crippen LogP contribution in [-0.4, -0.2) is 21.9 Å². The zero-order chi connectivity index (χ0) is 14.5. The molecule has 0 saturated carbocycles. The third kappa shape index (κ3) is 3.68. The van der Waals surface area contributed by atoms with Crippen molar-refractivity contribution in [3.8, 4) is 0 Å². The SMILES string of the molecule is CC(C)NC(=O)c1cc(Nc2ccccc2Cl)ncn1. The maximum absolute atomic E-state index is 11.9. The summed E-state index contributed by atoms with van der Waals surface area (Å²) in [4.78, 5) is 19.9. The van der Waals surface area contributed by atoms with Gasteiger partial charge in [-0.05, 0) is 26.0 Å². The molecule has 0 fully saturated rings. The van der Waals surface area contributed by atoms with Crippen LogP contribution in [0.25, 0.3) is 0 Å². The molecule has 0 atom stereocenters. The van der Waals surface area contributed by atoms with Gasteiger partial charge in [0.2, 0.25) is 0 Å². The Morgan fingerprint density at radius 3 is 2.70 bits per heavy atom. The average Bonchev–Trinajstić information content (AvgIpc) is 2.41. The van der Waals surface area contributed by atoms with E-state index in [1.165, 1.54) is 6.33 Å². The van der Waals surface area contributed by atoms with E-state index >= 15 is 0 Å². The van der Waals surface area contributed by atoms with E-state index in [0.717, 1.165) is 5.69 Å². The molecule has 0 spiro atoms. The molecule has 1 aromatic heterocycles. The number of benzene rings is 1. The Labute approximate surface area is 122 Å². The number of para-hydroxylation sites is 1. The van der Waals surface area contributed by atoms with E-state index in [-0.39, 0.29) is 11.9 Å². The number of anilines is 2. The lowest BCUT2D eigenvalue weighted by atomic mass is 10.3. The number of carbonyl (C=O) groups is 1. The average molecular weight is 291 g/mol. The van der Waals surface area contributed by atoms with Crippen molar-refractivity contribution in [3.63, 3.8) is 0 Å². The summed E-state index contributed by atoms with van der Waals surface area (Å²) in [5.41, 5.74) is 1.03. The summed E-state index contributed by atoms with van der Waals surface area (Å²) in [5, 5.41) is 6.42. The molecule has 0 radical (unpaired) electrons. The number of hydrogen-bond acceptors (Lipinski definition) is 4. The molecular formula is C14H15ClN4O. The van der Waals surface area contributed by atoms with E-state index in [1.807, 2.05) is 32.0 Å². The van der Waals surface area contributed by atoms with Crippen molar-refractivity contribution in [2.24, 2.45) is 0 Å². The first-order chi connectivity index (χ1) is 9.56. The fraction of sp³-hybridized carbons (Fsp3) is 0.214. The second kappa shape index (κ2) is 6.34. The molecule has 6 heteroatoms. The number of rotatable bonds is 4. The fourth-order valence-electron chi connectivity index (χ4n) is 1.59. The maximum Gasteiger partial charge on any atom is 0.270 e. The molecule has 0 unspecified atom stereocenters. The monoisotopic (exact) mass is 290 g/mol. The fourth-order valence-corrected chi connectivity index (χ4v) is 1.77. The molecule has 1 heterocycles. The summed E-state index contributed by atoms with van der Waals surface area (Å²) in [7, 11) is 0. The minimum atomic E-state index is -0.232. The molecular weight excluding hydrogens is 276 g/mol. The van der Waals surface area contributed by atoms with E-state index in [2.05, 4.69) is 20.6 Å². The van der Waals surface area contributed by atoms with E-state index in [9.17, 15) is 4.79 Å². The Hall–Kier alpha value is -2.14. The van der Waals surface area contributed by atoms with E-state index in [4.69, 9.17) is 11.6 Å². The second-order valence-corrected chi connectivity index (χ2v) is 4.93. The van der Waals surface area contributed by atoms with Crippen LogP contribution in [0.3, 0.4) is 0 Å². The first kappa shape index (κ1) is 14.3. The minimum Gasteiger partial charge on any atom is -0.349 e. The van der Waals surface area contributed by atoms with Crippen LogP contribution in [0.1, 0.15) is 24.3 Å². The van der Waals surface area contributed by atoms with Gasteiger partial charge in [-0.3, -0.25) is 4.79 Å². The summed E-state index contributed by atoms with van der Waals surface area (Å²) in [5.74, 6) is 0.284. The smallest absolute Gasteiger partial charge is 0.270 e. The van der Waals surface area contributed by atoms with Crippen LogP contribution in [0.4, 0.5) is 11.5 Å². The molecule has 5 nitrogen and oxygen atoms in total. The van der Waals surface area contributed by atoms with Gasteiger partial charge in [0.25, 0.3) is 5.91 Å². The van der Waals surface area contributed by atoms with Crippen molar-refractivity contribution < 1.29 is 4.79 Å². The summed E-state index contributed by atoms with van der Waals surface area (Å²) in [6, 6.07) is 8.95. The Morgan fingerprint density at radius 1 is 1.25 bits per heavy atom. The van der Waals surface area contributed by atoms with Crippen LogP contribution < -0.4 is 10.6 Å². The van der Waals surface area contributed by atoms with Gasteiger partial charge >= 0.3 is 0 Å². The van der Waals surface area contributed by atoms with Crippen molar-refractivity contribution >= 4 is 29.0 Å².